The number of benzene rings is 1. The molecule has 0 aromatic heterocycles. The van der Waals surface area contributed by atoms with Crippen molar-refractivity contribution < 1.29 is 14.6 Å². The summed E-state index contributed by atoms with van der Waals surface area (Å²) >= 11 is 0. The topological polar surface area (TPSA) is 46.5 Å². The van der Waals surface area contributed by atoms with Gasteiger partial charge in [0.05, 0.1) is 6.61 Å². The minimum absolute atomic E-state index is 0.239. The molecule has 1 N–H and O–H groups in total. The van der Waals surface area contributed by atoms with Gasteiger partial charge in [-0.1, -0.05) is 51.2 Å². The van der Waals surface area contributed by atoms with E-state index in [0.717, 1.165) is 12.8 Å². The summed E-state index contributed by atoms with van der Waals surface area (Å²) in [7, 11) is 0. The predicted octanol–water partition coefficient (Wildman–Crippen LogP) is 4.12. The molecule has 0 aliphatic carbocycles. The third-order valence-electron chi connectivity index (χ3n) is 2.87. The van der Waals surface area contributed by atoms with Crippen LogP contribution in [0.2, 0.25) is 0 Å². The zero-order chi connectivity index (χ0) is 13.2. The third kappa shape index (κ3) is 5.21. The van der Waals surface area contributed by atoms with Crippen molar-refractivity contribution in [1.29, 1.82) is 0 Å². The molecule has 100 valence electrons. The highest BCUT2D eigenvalue weighted by atomic mass is 16.5. The quantitative estimate of drug-likeness (QED) is 0.670. The van der Waals surface area contributed by atoms with Gasteiger partial charge in [-0.3, -0.25) is 0 Å². The second-order valence-electron chi connectivity index (χ2n) is 4.42. The molecule has 3 nitrogen and oxygen atoms in total. The Morgan fingerprint density at radius 1 is 1.11 bits per heavy atom. The Kier molecular flexibility index (Phi) is 6.92. The largest absolute Gasteiger partial charge is 0.493 e. The van der Waals surface area contributed by atoms with E-state index in [9.17, 15) is 4.79 Å². The van der Waals surface area contributed by atoms with Crippen molar-refractivity contribution in [2.45, 2.75) is 45.4 Å². The summed E-state index contributed by atoms with van der Waals surface area (Å²) in [4.78, 5) is 10.9. The number of unbranched alkanes of at least 4 members (excludes halogenated alkanes) is 5. The van der Waals surface area contributed by atoms with E-state index in [-0.39, 0.29) is 5.56 Å². The van der Waals surface area contributed by atoms with Crippen molar-refractivity contribution in [3.63, 3.8) is 0 Å². The van der Waals surface area contributed by atoms with Gasteiger partial charge >= 0.3 is 5.97 Å². The summed E-state index contributed by atoms with van der Waals surface area (Å²) in [6.07, 6.45) is 7.19. The number of carboxylic acids is 1. The molecule has 0 amide bonds. The highest BCUT2D eigenvalue weighted by Gasteiger charge is 2.09. The van der Waals surface area contributed by atoms with Gasteiger partial charge < -0.3 is 9.84 Å². The Morgan fingerprint density at radius 2 is 1.78 bits per heavy atom. The molecule has 18 heavy (non-hydrogen) atoms. The molecule has 0 radical (unpaired) electrons. The lowest BCUT2D eigenvalue weighted by Gasteiger charge is -2.08. The fourth-order valence-corrected chi connectivity index (χ4v) is 1.83. The van der Waals surface area contributed by atoms with Gasteiger partial charge in [-0.15, -0.1) is 0 Å². The molecule has 0 heterocycles. The smallest absolute Gasteiger partial charge is 0.339 e. The van der Waals surface area contributed by atoms with E-state index in [2.05, 4.69) is 6.92 Å². The standard InChI is InChI=1S/C15H22O3/c1-2-3-4-5-6-9-12-18-14-11-8-7-10-13(14)15(16)17/h7-8,10-11H,2-6,9,12H2,1H3,(H,16,17). The van der Waals surface area contributed by atoms with Gasteiger partial charge in [0.1, 0.15) is 11.3 Å². The van der Waals surface area contributed by atoms with Crippen LogP contribution in [0.5, 0.6) is 5.75 Å². The van der Waals surface area contributed by atoms with Crippen molar-refractivity contribution in [3.8, 4) is 5.75 Å². The molecule has 0 aliphatic rings. The van der Waals surface area contributed by atoms with E-state index >= 15 is 0 Å². The van der Waals surface area contributed by atoms with E-state index in [1.165, 1.54) is 25.7 Å². The normalized spacial score (nSPS) is 10.3. The average Bonchev–Trinajstić information content (AvgIpc) is 2.38. The number of hydrogen-bond acceptors (Lipinski definition) is 2. The van der Waals surface area contributed by atoms with E-state index in [4.69, 9.17) is 9.84 Å². The Morgan fingerprint density at radius 3 is 2.50 bits per heavy atom. The number of para-hydroxylation sites is 1. The van der Waals surface area contributed by atoms with Crippen LogP contribution in [-0.4, -0.2) is 17.7 Å². The minimum Gasteiger partial charge on any atom is -0.493 e. The van der Waals surface area contributed by atoms with Crippen molar-refractivity contribution in [3.05, 3.63) is 29.8 Å². The van der Waals surface area contributed by atoms with Crippen LogP contribution in [0.4, 0.5) is 0 Å². The molecular formula is C15H22O3. The maximum Gasteiger partial charge on any atom is 0.339 e. The summed E-state index contributed by atoms with van der Waals surface area (Å²) in [6.45, 7) is 2.79. The fraction of sp³-hybridized carbons (Fsp3) is 0.533. The van der Waals surface area contributed by atoms with Crippen LogP contribution in [-0.2, 0) is 0 Å². The van der Waals surface area contributed by atoms with Crippen molar-refractivity contribution in [1.82, 2.24) is 0 Å². The summed E-state index contributed by atoms with van der Waals surface area (Å²) in [5.74, 6) is -0.466. The van der Waals surface area contributed by atoms with Crippen LogP contribution in [0, 0.1) is 0 Å². The molecule has 0 bridgehead atoms. The van der Waals surface area contributed by atoms with E-state index < -0.39 is 5.97 Å². The highest BCUT2D eigenvalue weighted by Crippen LogP contribution is 2.18. The van der Waals surface area contributed by atoms with Crippen LogP contribution in [0.1, 0.15) is 55.8 Å². The molecule has 0 saturated heterocycles. The molecule has 1 aromatic rings. The first kappa shape index (κ1) is 14.6. The van der Waals surface area contributed by atoms with E-state index in [0.29, 0.717) is 12.4 Å². The number of hydrogen-bond donors (Lipinski definition) is 1. The fourth-order valence-electron chi connectivity index (χ4n) is 1.83. The average molecular weight is 250 g/mol. The van der Waals surface area contributed by atoms with Crippen molar-refractivity contribution in [2.24, 2.45) is 0 Å². The first-order valence-electron chi connectivity index (χ1n) is 6.70. The zero-order valence-corrected chi connectivity index (χ0v) is 11.0. The predicted molar refractivity (Wildman–Crippen MR) is 72.3 cm³/mol. The molecule has 0 aliphatic heterocycles. The summed E-state index contributed by atoms with van der Waals surface area (Å²) in [6, 6.07) is 6.78. The second-order valence-corrected chi connectivity index (χ2v) is 4.42. The summed E-state index contributed by atoms with van der Waals surface area (Å²) in [5, 5.41) is 8.99. The van der Waals surface area contributed by atoms with Gasteiger partial charge in [0.25, 0.3) is 0 Å². The number of aromatic carboxylic acids is 1. The van der Waals surface area contributed by atoms with Crippen LogP contribution in [0.3, 0.4) is 0 Å². The Balaban J connectivity index is 2.25. The number of carbonyl (C=O) groups is 1. The molecule has 0 spiro atoms. The van der Waals surface area contributed by atoms with Crippen LogP contribution in [0.25, 0.3) is 0 Å². The lowest BCUT2D eigenvalue weighted by molar-refractivity contribution is 0.0692. The Hall–Kier alpha value is -1.51. The van der Waals surface area contributed by atoms with E-state index in [1.54, 1.807) is 24.3 Å². The van der Waals surface area contributed by atoms with Gasteiger partial charge in [-0.25, -0.2) is 4.79 Å². The molecular weight excluding hydrogens is 228 g/mol. The monoisotopic (exact) mass is 250 g/mol. The third-order valence-corrected chi connectivity index (χ3v) is 2.87. The number of rotatable bonds is 9. The van der Waals surface area contributed by atoms with Crippen molar-refractivity contribution in [2.75, 3.05) is 6.61 Å². The highest BCUT2D eigenvalue weighted by molar-refractivity contribution is 5.90. The lowest BCUT2D eigenvalue weighted by Crippen LogP contribution is -2.04. The SMILES string of the molecule is CCCCCCCCOc1ccccc1C(=O)O. The maximum atomic E-state index is 10.9. The Bertz CT molecular complexity index is 361. The zero-order valence-electron chi connectivity index (χ0n) is 11.0. The van der Waals surface area contributed by atoms with Gasteiger partial charge in [-0.05, 0) is 18.6 Å². The number of carboxylic acid groups (broad SMARTS) is 1. The van der Waals surface area contributed by atoms with Crippen LogP contribution < -0.4 is 4.74 Å². The number of ether oxygens (including phenoxy) is 1. The van der Waals surface area contributed by atoms with Gasteiger partial charge in [0.2, 0.25) is 0 Å². The molecule has 0 fully saturated rings. The molecule has 1 aromatic carbocycles. The summed E-state index contributed by atoms with van der Waals surface area (Å²) < 4.78 is 5.52. The molecule has 1 rings (SSSR count). The first-order valence-corrected chi connectivity index (χ1v) is 6.70. The second kappa shape index (κ2) is 8.56. The molecule has 0 atom stereocenters. The van der Waals surface area contributed by atoms with Gasteiger partial charge in [0, 0.05) is 0 Å². The van der Waals surface area contributed by atoms with Crippen LogP contribution in [0.15, 0.2) is 24.3 Å². The van der Waals surface area contributed by atoms with Gasteiger partial charge in [0.15, 0.2) is 0 Å². The summed E-state index contributed by atoms with van der Waals surface area (Å²) in [5.41, 5.74) is 0.239. The van der Waals surface area contributed by atoms with Crippen LogP contribution >= 0.6 is 0 Å². The maximum absolute atomic E-state index is 10.9. The molecule has 3 heteroatoms. The Labute approximate surface area is 109 Å². The lowest BCUT2D eigenvalue weighted by atomic mass is 10.1. The van der Waals surface area contributed by atoms with Crippen molar-refractivity contribution >= 4 is 5.97 Å². The molecule has 0 unspecified atom stereocenters. The minimum atomic E-state index is -0.937. The first-order chi connectivity index (χ1) is 8.75. The van der Waals surface area contributed by atoms with Gasteiger partial charge in [-0.2, -0.15) is 0 Å². The van der Waals surface area contributed by atoms with E-state index in [1.807, 2.05) is 0 Å². The molecule has 0 saturated carbocycles.